The van der Waals surface area contributed by atoms with Crippen molar-refractivity contribution < 1.29 is 10.2 Å². The van der Waals surface area contributed by atoms with E-state index < -0.39 is 0 Å². The van der Waals surface area contributed by atoms with Crippen LogP contribution in [-0.4, -0.2) is 54.6 Å². The number of aliphatic hydroxyl groups excluding tert-OH is 2. The molecule has 5 nitrogen and oxygen atoms in total. The number of hydrogen-bond donors (Lipinski definition) is 5. The van der Waals surface area contributed by atoms with E-state index in [2.05, 4.69) is 45.3 Å². The van der Waals surface area contributed by atoms with Crippen molar-refractivity contribution in [3.05, 3.63) is 0 Å². The van der Waals surface area contributed by atoms with Crippen LogP contribution in [0.4, 0.5) is 0 Å². The van der Waals surface area contributed by atoms with Crippen LogP contribution in [0.5, 0.6) is 0 Å². The lowest BCUT2D eigenvalue weighted by Gasteiger charge is -2.64. The van der Waals surface area contributed by atoms with E-state index >= 15 is 0 Å². The summed E-state index contributed by atoms with van der Waals surface area (Å²) < 4.78 is 0. The van der Waals surface area contributed by atoms with Crippen molar-refractivity contribution in [3.63, 3.8) is 0 Å². The third-order valence-corrected chi connectivity index (χ3v) is 12.7. The molecule has 0 heterocycles. The average molecular weight is 548 g/mol. The number of fused-ring (bicyclic) bond motifs is 5. The van der Waals surface area contributed by atoms with Crippen LogP contribution < -0.4 is 16.4 Å². The van der Waals surface area contributed by atoms with E-state index in [1.807, 2.05) is 0 Å². The first-order chi connectivity index (χ1) is 18.6. The van der Waals surface area contributed by atoms with Gasteiger partial charge in [-0.25, -0.2) is 0 Å². The van der Waals surface area contributed by atoms with Gasteiger partial charge in [0.1, 0.15) is 0 Å². The fourth-order valence-corrected chi connectivity index (χ4v) is 10.6. The first-order valence-electron chi connectivity index (χ1n) is 17.1. The largest absolute Gasteiger partial charge is 0.393 e. The molecular formula is C34H65N3O2. The number of nitrogens with one attached hydrogen (secondary N) is 2. The lowest BCUT2D eigenvalue weighted by atomic mass is 9.42. The molecule has 6 N–H and O–H groups in total. The van der Waals surface area contributed by atoms with Crippen molar-refractivity contribution in [2.45, 2.75) is 136 Å². The summed E-state index contributed by atoms with van der Waals surface area (Å²) in [4.78, 5) is 0. The highest BCUT2D eigenvalue weighted by Crippen LogP contribution is 2.68. The van der Waals surface area contributed by atoms with Crippen LogP contribution in [0.25, 0.3) is 0 Å². The van der Waals surface area contributed by atoms with Gasteiger partial charge in [-0.1, -0.05) is 53.9 Å². The highest BCUT2D eigenvalue weighted by Gasteiger charge is 2.64. The Kier molecular flexibility index (Phi) is 11.3. The van der Waals surface area contributed by atoms with Crippen molar-refractivity contribution in [2.75, 3.05) is 26.2 Å². The summed E-state index contributed by atoms with van der Waals surface area (Å²) >= 11 is 0. The van der Waals surface area contributed by atoms with Gasteiger partial charge in [0.2, 0.25) is 0 Å². The molecule has 2 unspecified atom stereocenters. The van der Waals surface area contributed by atoms with Gasteiger partial charge in [-0.2, -0.15) is 0 Å². The highest BCUT2D eigenvalue weighted by molar-refractivity contribution is 5.14. The molecule has 4 saturated carbocycles. The number of unbranched alkanes of at least 4 members (excludes halogenated alkanes) is 1. The maximum atomic E-state index is 11.6. The molecule has 228 valence electrons. The van der Waals surface area contributed by atoms with Crippen molar-refractivity contribution >= 4 is 0 Å². The molecule has 5 heteroatoms. The van der Waals surface area contributed by atoms with Gasteiger partial charge in [-0.3, -0.25) is 0 Å². The van der Waals surface area contributed by atoms with Gasteiger partial charge in [-0.05, 0) is 137 Å². The van der Waals surface area contributed by atoms with Gasteiger partial charge in [0.25, 0.3) is 0 Å². The molecular weight excluding hydrogens is 482 g/mol. The Labute approximate surface area is 241 Å². The molecule has 0 aromatic rings. The molecule has 0 spiro atoms. The smallest absolute Gasteiger partial charge is 0.0624 e. The Hall–Kier alpha value is -0.200. The second-order valence-electron chi connectivity index (χ2n) is 15.4. The zero-order chi connectivity index (χ0) is 28.2. The SMILES string of the molecule is CC(C)CCC[C@@H](C)[C@H]1CC[C@H]2[C@@H]3C[C@@H](NCCCCNCCCN)C4C[C@@H](O)CC(O)[C@]4(C)[C@H]3CC[C@]12C. The summed E-state index contributed by atoms with van der Waals surface area (Å²) in [6.07, 6.45) is 14.9. The summed E-state index contributed by atoms with van der Waals surface area (Å²) in [7, 11) is 0. The standard InChI is InChI=1S/C34H65N3O2/c1-23(2)10-8-11-24(3)27-12-13-28-26-22-31(37-19-7-6-17-36-18-9-16-35)30-20-25(38)21-32(39)34(30,5)29(26)14-15-33(27,28)4/h23-32,36-39H,6-22,35H2,1-5H3/t24-,25-,26+,27-,28+,29+,30?,31-,32?,33-,34-/m1/s1. The molecule has 0 saturated heterocycles. The summed E-state index contributed by atoms with van der Waals surface area (Å²) in [5, 5.41) is 29.9. The quantitative estimate of drug-likeness (QED) is 0.179. The van der Waals surface area contributed by atoms with Crippen molar-refractivity contribution in [3.8, 4) is 0 Å². The average Bonchev–Trinajstić information content (AvgIpc) is 3.24. The van der Waals surface area contributed by atoms with E-state index in [9.17, 15) is 10.2 Å². The second-order valence-corrected chi connectivity index (χ2v) is 15.4. The molecule has 4 aliphatic rings. The summed E-state index contributed by atoms with van der Waals surface area (Å²) in [5.41, 5.74) is 5.99. The van der Waals surface area contributed by atoms with Gasteiger partial charge >= 0.3 is 0 Å². The third kappa shape index (κ3) is 6.74. The number of aliphatic hydroxyl groups is 2. The van der Waals surface area contributed by atoms with Crippen LogP contribution in [0.15, 0.2) is 0 Å². The third-order valence-electron chi connectivity index (χ3n) is 12.7. The fourth-order valence-electron chi connectivity index (χ4n) is 10.6. The molecule has 0 aromatic carbocycles. The molecule has 0 radical (unpaired) electrons. The maximum absolute atomic E-state index is 11.6. The zero-order valence-electron chi connectivity index (χ0n) is 26.3. The van der Waals surface area contributed by atoms with Gasteiger partial charge < -0.3 is 26.6 Å². The fraction of sp³-hybridized carbons (Fsp3) is 1.00. The first kappa shape index (κ1) is 31.7. The second kappa shape index (κ2) is 13.8. The predicted octanol–water partition coefficient (Wildman–Crippen LogP) is 5.73. The molecule has 0 amide bonds. The minimum absolute atomic E-state index is 0.0775. The van der Waals surface area contributed by atoms with Gasteiger partial charge in [0.15, 0.2) is 0 Å². The molecule has 0 aliphatic heterocycles. The van der Waals surface area contributed by atoms with Crippen LogP contribution in [0.3, 0.4) is 0 Å². The van der Waals surface area contributed by atoms with E-state index in [0.29, 0.717) is 35.6 Å². The van der Waals surface area contributed by atoms with Gasteiger partial charge in [-0.15, -0.1) is 0 Å². The zero-order valence-corrected chi connectivity index (χ0v) is 26.3. The van der Waals surface area contributed by atoms with Crippen LogP contribution in [-0.2, 0) is 0 Å². The van der Waals surface area contributed by atoms with E-state index in [1.165, 1.54) is 64.2 Å². The Morgan fingerprint density at radius 1 is 0.821 bits per heavy atom. The van der Waals surface area contributed by atoms with E-state index in [4.69, 9.17) is 5.73 Å². The summed E-state index contributed by atoms with van der Waals surface area (Å²) in [6.45, 7) is 16.2. The normalized spacial score (nSPS) is 42.7. The predicted molar refractivity (Wildman–Crippen MR) is 163 cm³/mol. The van der Waals surface area contributed by atoms with Crippen LogP contribution in [0.1, 0.15) is 118 Å². The van der Waals surface area contributed by atoms with Gasteiger partial charge in [0, 0.05) is 11.5 Å². The number of nitrogens with two attached hydrogens (primary N) is 1. The molecule has 0 aromatic heterocycles. The Balaban J connectivity index is 1.44. The van der Waals surface area contributed by atoms with Crippen molar-refractivity contribution in [2.24, 2.45) is 58.0 Å². The van der Waals surface area contributed by atoms with Crippen LogP contribution in [0.2, 0.25) is 0 Å². The number of hydrogen-bond acceptors (Lipinski definition) is 5. The molecule has 4 fully saturated rings. The minimum atomic E-state index is -0.383. The molecule has 4 rings (SSSR count). The summed E-state index contributed by atoms with van der Waals surface area (Å²) in [5.74, 6) is 4.97. The van der Waals surface area contributed by atoms with Crippen molar-refractivity contribution in [1.29, 1.82) is 0 Å². The topological polar surface area (TPSA) is 90.5 Å². The Morgan fingerprint density at radius 2 is 1.56 bits per heavy atom. The lowest BCUT2D eigenvalue weighted by Crippen LogP contribution is -2.65. The molecule has 0 bridgehead atoms. The lowest BCUT2D eigenvalue weighted by molar-refractivity contribution is -0.191. The monoisotopic (exact) mass is 548 g/mol. The molecule has 11 atom stereocenters. The van der Waals surface area contributed by atoms with Gasteiger partial charge in [0.05, 0.1) is 12.2 Å². The van der Waals surface area contributed by atoms with E-state index in [1.54, 1.807) is 0 Å². The summed E-state index contributed by atoms with van der Waals surface area (Å²) in [6, 6.07) is 0.413. The molecule has 39 heavy (non-hydrogen) atoms. The Bertz CT molecular complexity index is 748. The number of rotatable bonds is 14. The van der Waals surface area contributed by atoms with E-state index in [-0.39, 0.29) is 17.6 Å². The Morgan fingerprint density at radius 3 is 2.31 bits per heavy atom. The highest BCUT2D eigenvalue weighted by atomic mass is 16.3. The minimum Gasteiger partial charge on any atom is -0.393 e. The van der Waals surface area contributed by atoms with Crippen LogP contribution >= 0.6 is 0 Å². The van der Waals surface area contributed by atoms with Crippen LogP contribution in [0, 0.1) is 52.3 Å². The van der Waals surface area contributed by atoms with Crippen molar-refractivity contribution in [1.82, 2.24) is 10.6 Å². The van der Waals surface area contributed by atoms with E-state index in [0.717, 1.165) is 62.7 Å². The maximum Gasteiger partial charge on any atom is 0.0624 e. The molecule has 4 aliphatic carbocycles. The first-order valence-corrected chi connectivity index (χ1v) is 17.1.